The highest BCUT2D eigenvalue weighted by atomic mass is 35.5. The number of aliphatic carboxylic acids is 1. The van der Waals surface area contributed by atoms with Crippen LogP contribution in [0.3, 0.4) is 0 Å². The number of fused-ring (bicyclic) bond motifs is 3. The average Bonchev–Trinajstić information content (AvgIpc) is 3.11. The fraction of sp³-hybridized carbons (Fsp3) is 0.160. The van der Waals surface area contributed by atoms with E-state index in [0.717, 1.165) is 22.3 Å². The van der Waals surface area contributed by atoms with Gasteiger partial charge in [0.1, 0.15) is 12.6 Å². The third kappa shape index (κ3) is 4.87. The molecule has 1 atom stereocenters. The van der Waals surface area contributed by atoms with Crippen LogP contribution in [0, 0.1) is 0 Å². The maximum atomic E-state index is 12.5. The van der Waals surface area contributed by atoms with Crippen LogP contribution in [0.1, 0.15) is 33.8 Å². The van der Waals surface area contributed by atoms with Gasteiger partial charge in [-0.1, -0.05) is 71.7 Å². The van der Waals surface area contributed by atoms with Crippen molar-refractivity contribution in [1.82, 2.24) is 5.32 Å². The number of carbonyl (C=O) groups excluding carboxylic acids is 2. The summed E-state index contributed by atoms with van der Waals surface area (Å²) in [5, 5.41) is 12.2. The first-order chi connectivity index (χ1) is 15.8. The zero-order chi connectivity index (χ0) is 23.5. The van der Waals surface area contributed by atoms with Gasteiger partial charge in [0.05, 0.1) is 5.02 Å². The molecule has 3 aromatic carbocycles. The van der Waals surface area contributed by atoms with Crippen LogP contribution in [0.4, 0.5) is 4.79 Å². The molecule has 1 aliphatic rings. The van der Waals surface area contributed by atoms with Gasteiger partial charge in [-0.25, -0.2) is 9.59 Å². The summed E-state index contributed by atoms with van der Waals surface area (Å²) in [6.45, 7) is 0.0309. The lowest BCUT2D eigenvalue weighted by molar-refractivity contribution is -0.139. The number of rotatable bonds is 7. The first-order valence-corrected chi connectivity index (χ1v) is 10.9. The number of alkyl carbamates (subject to hydrolysis) is 1. The second-order valence-corrected chi connectivity index (χ2v) is 8.46. The molecular weight excluding hydrogens is 465 g/mol. The van der Waals surface area contributed by atoms with Crippen LogP contribution in [-0.2, 0) is 9.53 Å². The molecule has 8 heteroatoms. The second kappa shape index (κ2) is 9.65. The van der Waals surface area contributed by atoms with Gasteiger partial charge in [0, 0.05) is 22.9 Å². The molecule has 1 unspecified atom stereocenters. The number of carboxylic acids is 1. The quantitative estimate of drug-likeness (QED) is 0.429. The Labute approximate surface area is 200 Å². The Bertz CT molecular complexity index is 1200. The number of hydrogen-bond donors (Lipinski definition) is 2. The molecule has 4 rings (SSSR count). The van der Waals surface area contributed by atoms with Crippen LogP contribution in [0.5, 0.6) is 0 Å². The molecule has 0 heterocycles. The van der Waals surface area contributed by atoms with Gasteiger partial charge in [0.15, 0.2) is 5.78 Å². The summed E-state index contributed by atoms with van der Waals surface area (Å²) in [5.74, 6) is -2.06. The topological polar surface area (TPSA) is 92.7 Å². The predicted octanol–water partition coefficient (Wildman–Crippen LogP) is 5.56. The molecule has 0 spiro atoms. The van der Waals surface area contributed by atoms with Gasteiger partial charge in [-0.05, 0) is 40.5 Å². The van der Waals surface area contributed by atoms with Crippen LogP contribution in [0.2, 0.25) is 10.0 Å². The van der Waals surface area contributed by atoms with Gasteiger partial charge in [-0.15, -0.1) is 0 Å². The van der Waals surface area contributed by atoms with E-state index < -0.39 is 30.3 Å². The van der Waals surface area contributed by atoms with Crippen molar-refractivity contribution in [3.8, 4) is 11.1 Å². The Morgan fingerprint density at radius 2 is 1.55 bits per heavy atom. The second-order valence-electron chi connectivity index (χ2n) is 7.61. The van der Waals surface area contributed by atoms with E-state index in [0.29, 0.717) is 5.02 Å². The molecule has 6 nitrogen and oxygen atoms in total. The minimum atomic E-state index is -1.47. The molecule has 3 aromatic rings. The molecule has 0 bridgehead atoms. The minimum absolute atomic E-state index is 0.0309. The predicted molar refractivity (Wildman–Crippen MR) is 125 cm³/mol. The molecule has 168 valence electrons. The van der Waals surface area contributed by atoms with E-state index in [1.807, 2.05) is 48.5 Å². The summed E-state index contributed by atoms with van der Waals surface area (Å²) >= 11 is 11.9. The van der Waals surface area contributed by atoms with Crippen molar-refractivity contribution in [3.05, 3.63) is 93.5 Å². The Balaban J connectivity index is 1.42. The van der Waals surface area contributed by atoms with Crippen LogP contribution >= 0.6 is 23.2 Å². The fourth-order valence-electron chi connectivity index (χ4n) is 3.99. The van der Waals surface area contributed by atoms with Gasteiger partial charge < -0.3 is 15.2 Å². The van der Waals surface area contributed by atoms with Crippen molar-refractivity contribution < 1.29 is 24.2 Å². The molecule has 0 aliphatic heterocycles. The number of ether oxygens (including phenoxy) is 1. The summed E-state index contributed by atoms with van der Waals surface area (Å²) < 4.78 is 5.38. The highest BCUT2D eigenvalue weighted by Crippen LogP contribution is 2.44. The van der Waals surface area contributed by atoms with Crippen LogP contribution in [0.25, 0.3) is 11.1 Å². The van der Waals surface area contributed by atoms with E-state index in [1.165, 1.54) is 18.2 Å². The molecule has 33 heavy (non-hydrogen) atoms. The molecule has 1 aliphatic carbocycles. The van der Waals surface area contributed by atoms with Gasteiger partial charge in [-0.3, -0.25) is 4.79 Å². The lowest BCUT2D eigenvalue weighted by atomic mass is 9.98. The average molecular weight is 484 g/mol. The first kappa shape index (κ1) is 22.8. The summed E-state index contributed by atoms with van der Waals surface area (Å²) in [4.78, 5) is 36.6. The number of ketones is 1. The number of benzene rings is 3. The molecule has 0 radical (unpaired) electrons. The van der Waals surface area contributed by atoms with E-state index in [9.17, 15) is 19.5 Å². The number of carbonyl (C=O) groups is 3. The van der Waals surface area contributed by atoms with E-state index in [4.69, 9.17) is 27.9 Å². The van der Waals surface area contributed by atoms with E-state index in [1.54, 1.807) is 0 Å². The van der Waals surface area contributed by atoms with Gasteiger partial charge in [-0.2, -0.15) is 0 Å². The van der Waals surface area contributed by atoms with Gasteiger partial charge in [0.25, 0.3) is 0 Å². The zero-order valence-electron chi connectivity index (χ0n) is 17.3. The third-order valence-electron chi connectivity index (χ3n) is 5.55. The third-order valence-corrected chi connectivity index (χ3v) is 6.10. The Kier molecular flexibility index (Phi) is 6.67. The van der Waals surface area contributed by atoms with Gasteiger partial charge >= 0.3 is 12.1 Å². The lowest BCUT2D eigenvalue weighted by Gasteiger charge is -2.17. The summed E-state index contributed by atoms with van der Waals surface area (Å²) in [7, 11) is 0. The summed E-state index contributed by atoms with van der Waals surface area (Å²) in [5.41, 5.74) is 4.36. The molecule has 0 fully saturated rings. The standard InChI is InChI=1S/C25H19Cl2NO5/c26-14-9-10-19(21(27)11-14)23(29)12-22(24(30)31)28-25(32)33-13-20-17-7-3-1-5-15(17)16-6-2-4-8-18(16)20/h1-11,20,22H,12-13H2,(H,28,32)(H,30,31). The number of nitrogens with one attached hydrogen (secondary N) is 1. The fourth-order valence-corrected chi connectivity index (χ4v) is 4.51. The smallest absolute Gasteiger partial charge is 0.407 e. The summed E-state index contributed by atoms with van der Waals surface area (Å²) in [6, 6.07) is 18.6. The zero-order valence-corrected chi connectivity index (χ0v) is 18.8. The Hall–Kier alpha value is -3.35. The Morgan fingerprint density at radius 1 is 0.939 bits per heavy atom. The van der Waals surface area contributed by atoms with Crippen molar-refractivity contribution in [1.29, 1.82) is 0 Å². The molecule has 0 saturated carbocycles. The maximum Gasteiger partial charge on any atom is 0.407 e. The van der Waals surface area contributed by atoms with Crippen LogP contribution in [-0.4, -0.2) is 35.6 Å². The lowest BCUT2D eigenvalue weighted by Crippen LogP contribution is -2.42. The monoisotopic (exact) mass is 483 g/mol. The van der Waals surface area contributed by atoms with E-state index in [2.05, 4.69) is 5.32 Å². The summed E-state index contributed by atoms with van der Waals surface area (Å²) in [6.07, 6.45) is -1.40. The first-order valence-electron chi connectivity index (χ1n) is 10.2. The van der Waals surface area contributed by atoms with Crippen LogP contribution < -0.4 is 5.32 Å². The van der Waals surface area contributed by atoms with Gasteiger partial charge in [0.2, 0.25) is 0 Å². The molecule has 0 saturated heterocycles. The Morgan fingerprint density at radius 3 is 2.12 bits per heavy atom. The van der Waals surface area contributed by atoms with Crippen molar-refractivity contribution in [3.63, 3.8) is 0 Å². The minimum Gasteiger partial charge on any atom is -0.480 e. The van der Waals surface area contributed by atoms with Crippen molar-refractivity contribution in [2.75, 3.05) is 6.61 Å². The maximum absolute atomic E-state index is 12.5. The molecule has 1 amide bonds. The van der Waals surface area contributed by atoms with Crippen molar-refractivity contribution >= 4 is 41.0 Å². The number of Topliss-reactive ketones (excluding diaryl/α,β-unsaturated/α-hetero) is 1. The van der Waals surface area contributed by atoms with E-state index in [-0.39, 0.29) is 23.1 Å². The molecule has 0 aromatic heterocycles. The number of carboxylic acid groups (broad SMARTS) is 1. The molecule has 2 N–H and O–H groups in total. The largest absolute Gasteiger partial charge is 0.480 e. The number of halogens is 2. The van der Waals surface area contributed by atoms with Crippen LogP contribution in [0.15, 0.2) is 66.7 Å². The number of amides is 1. The number of hydrogen-bond acceptors (Lipinski definition) is 4. The van der Waals surface area contributed by atoms with Crippen molar-refractivity contribution in [2.45, 2.75) is 18.4 Å². The normalized spacial score (nSPS) is 13.0. The SMILES string of the molecule is O=C(NC(CC(=O)c1ccc(Cl)cc1Cl)C(=O)O)OCC1c2ccccc2-c2ccccc21. The van der Waals surface area contributed by atoms with Crippen molar-refractivity contribution in [2.24, 2.45) is 0 Å². The molecular formula is C25H19Cl2NO5. The van der Waals surface area contributed by atoms with E-state index >= 15 is 0 Å². The highest BCUT2D eigenvalue weighted by molar-refractivity contribution is 6.36. The highest BCUT2D eigenvalue weighted by Gasteiger charge is 2.30.